The normalized spacial score (nSPS) is 21.8. The van der Waals surface area contributed by atoms with Gasteiger partial charge in [-0.05, 0) is 79.8 Å². The van der Waals surface area contributed by atoms with Crippen LogP contribution in [0.4, 0.5) is 13.2 Å². The van der Waals surface area contributed by atoms with Crippen LogP contribution in [0.15, 0.2) is 42.7 Å². The highest BCUT2D eigenvalue weighted by Crippen LogP contribution is 2.41. The van der Waals surface area contributed by atoms with E-state index in [0.29, 0.717) is 29.8 Å². The van der Waals surface area contributed by atoms with Crippen molar-refractivity contribution in [3.05, 3.63) is 54.1 Å². The molecule has 2 fully saturated rings. The first-order valence-electron chi connectivity index (χ1n) is 11.6. The van der Waals surface area contributed by atoms with Crippen molar-refractivity contribution < 1.29 is 18.3 Å². The van der Waals surface area contributed by atoms with E-state index in [0.717, 1.165) is 49.4 Å². The van der Waals surface area contributed by atoms with Crippen LogP contribution in [0.1, 0.15) is 56.0 Å². The average Bonchev–Trinajstić information content (AvgIpc) is 3.37. The second-order valence-corrected chi connectivity index (χ2v) is 9.52. The van der Waals surface area contributed by atoms with Crippen LogP contribution >= 0.6 is 0 Å². The maximum absolute atomic E-state index is 14.2. The minimum atomic E-state index is -4.55. The van der Waals surface area contributed by atoms with Crippen LogP contribution in [0.25, 0.3) is 27.7 Å². The average molecular weight is 454 g/mol. The number of nitrogens with zero attached hydrogens (tertiary/aromatic N) is 4. The van der Waals surface area contributed by atoms with Gasteiger partial charge < -0.3 is 9.67 Å². The summed E-state index contributed by atoms with van der Waals surface area (Å²) >= 11 is 0. The topological polar surface area (TPSA) is 55.4 Å². The van der Waals surface area contributed by atoms with Gasteiger partial charge in [0.25, 0.3) is 0 Å². The van der Waals surface area contributed by atoms with Gasteiger partial charge >= 0.3 is 6.18 Å². The molecular weight excluding hydrogens is 429 g/mol. The third-order valence-corrected chi connectivity index (χ3v) is 7.19. The smallest absolute Gasteiger partial charge is 0.393 e. The van der Waals surface area contributed by atoms with E-state index in [2.05, 4.69) is 14.8 Å². The van der Waals surface area contributed by atoms with Gasteiger partial charge in [0.15, 0.2) is 5.65 Å². The number of benzene rings is 1. The zero-order valence-corrected chi connectivity index (χ0v) is 18.1. The molecule has 1 aromatic carbocycles. The first kappa shape index (κ1) is 20.7. The molecule has 0 saturated heterocycles. The highest BCUT2D eigenvalue weighted by atomic mass is 19.4. The molecule has 1 N–H and O–H groups in total. The number of alkyl halides is 3. The monoisotopic (exact) mass is 454 g/mol. The summed E-state index contributed by atoms with van der Waals surface area (Å²) in [6.45, 7) is 0. The highest BCUT2D eigenvalue weighted by Gasteiger charge is 2.38. The van der Waals surface area contributed by atoms with Crippen molar-refractivity contribution in [3.8, 4) is 11.1 Å². The predicted molar refractivity (Wildman–Crippen MR) is 119 cm³/mol. The molecule has 2 aliphatic carbocycles. The Balaban J connectivity index is 1.42. The van der Waals surface area contributed by atoms with E-state index >= 15 is 0 Å². The van der Waals surface area contributed by atoms with Crippen molar-refractivity contribution >= 4 is 16.6 Å². The molecule has 2 saturated carbocycles. The lowest BCUT2D eigenvalue weighted by molar-refractivity contribution is -0.136. The number of hydrogen-bond donors (Lipinski definition) is 1. The molecule has 33 heavy (non-hydrogen) atoms. The van der Waals surface area contributed by atoms with Gasteiger partial charge in [0.1, 0.15) is 11.4 Å². The minimum Gasteiger partial charge on any atom is -0.393 e. The van der Waals surface area contributed by atoms with E-state index in [1.54, 1.807) is 12.3 Å². The van der Waals surface area contributed by atoms with Gasteiger partial charge in [-0.15, -0.1) is 10.2 Å². The number of fused-ring (bicyclic) bond motifs is 2. The molecule has 6 rings (SSSR count). The summed E-state index contributed by atoms with van der Waals surface area (Å²) in [6, 6.07) is 9.30. The lowest BCUT2D eigenvalue weighted by Gasteiger charge is -2.27. The van der Waals surface area contributed by atoms with Crippen molar-refractivity contribution in [1.29, 1.82) is 0 Å². The van der Waals surface area contributed by atoms with Gasteiger partial charge in [-0.1, -0.05) is 6.07 Å². The molecule has 5 nitrogen and oxygen atoms in total. The van der Waals surface area contributed by atoms with Gasteiger partial charge in [-0.3, -0.25) is 4.40 Å². The molecule has 4 aromatic rings. The van der Waals surface area contributed by atoms with E-state index in [9.17, 15) is 18.3 Å². The molecule has 0 aliphatic heterocycles. The van der Waals surface area contributed by atoms with Crippen LogP contribution < -0.4 is 0 Å². The zero-order valence-electron chi connectivity index (χ0n) is 18.1. The molecule has 0 bridgehead atoms. The SMILES string of the molecule is O[C@H]1CC[C@H](n2ccc3cc(-c4ccn5c(CC6CC6)nnc5c4C(F)(F)F)ccc32)CC1. The van der Waals surface area contributed by atoms with Crippen molar-refractivity contribution in [1.82, 2.24) is 19.2 Å². The fraction of sp³-hybridized carbons (Fsp3) is 0.440. The third kappa shape index (κ3) is 3.70. The lowest BCUT2D eigenvalue weighted by atomic mass is 9.93. The standard InChI is InChI=1S/C25H25F3N4O/c26-25(27,28)23-20(10-12-32-22(13-15-1-2-15)29-30-24(23)32)16-3-8-21-17(14-16)9-11-31(21)18-4-6-19(33)7-5-18/h3,8-12,14-15,18-19,33H,1-2,4-7,13H2/t18-,19-. The van der Waals surface area contributed by atoms with Crippen molar-refractivity contribution in [2.24, 2.45) is 5.92 Å². The van der Waals surface area contributed by atoms with Gasteiger partial charge in [0.05, 0.1) is 6.10 Å². The van der Waals surface area contributed by atoms with Gasteiger partial charge in [-0.2, -0.15) is 13.2 Å². The van der Waals surface area contributed by atoms with E-state index < -0.39 is 11.7 Å². The summed E-state index contributed by atoms with van der Waals surface area (Å²) in [5, 5.41) is 18.7. The number of halogens is 3. The van der Waals surface area contributed by atoms with Crippen molar-refractivity contribution in [3.63, 3.8) is 0 Å². The van der Waals surface area contributed by atoms with Gasteiger partial charge in [0, 0.05) is 35.8 Å². The molecule has 172 valence electrons. The Labute approximate surface area is 188 Å². The molecule has 3 heterocycles. The van der Waals surface area contributed by atoms with E-state index in [-0.39, 0.29) is 17.3 Å². The van der Waals surface area contributed by atoms with Crippen LogP contribution in [0, 0.1) is 5.92 Å². The van der Waals surface area contributed by atoms with E-state index in [4.69, 9.17) is 0 Å². The van der Waals surface area contributed by atoms with Crippen LogP contribution in [-0.4, -0.2) is 30.4 Å². The number of aliphatic hydroxyl groups excluding tert-OH is 1. The Morgan fingerprint density at radius 1 is 0.939 bits per heavy atom. The molecule has 0 atom stereocenters. The van der Waals surface area contributed by atoms with Crippen molar-refractivity contribution in [2.45, 2.75) is 63.3 Å². The first-order chi connectivity index (χ1) is 15.9. The summed E-state index contributed by atoms with van der Waals surface area (Å²) in [5.74, 6) is 1.10. The molecule has 3 aromatic heterocycles. The molecule has 2 aliphatic rings. The number of pyridine rings is 1. The fourth-order valence-electron chi connectivity index (χ4n) is 5.23. The Bertz CT molecular complexity index is 1330. The zero-order chi connectivity index (χ0) is 22.7. The molecule has 8 heteroatoms. The number of aliphatic hydroxyl groups is 1. The van der Waals surface area contributed by atoms with Crippen LogP contribution in [-0.2, 0) is 12.6 Å². The largest absolute Gasteiger partial charge is 0.420 e. The Hall–Kier alpha value is -2.87. The van der Waals surface area contributed by atoms with Gasteiger partial charge in [-0.25, -0.2) is 0 Å². The number of rotatable bonds is 4. The maximum atomic E-state index is 14.2. The molecule has 0 amide bonds. The molecule has 0 radical (unpaired) electrons. The summed E-state index contributed by atoms with van der Waals surface area (Å²) in [6.07, 6.45) is 5.11. The van der Waals surface area contributed by atoms with Gasteiger partial charge in [0.2, 0.25) is 0 Å². The molecular formula is C25H25F3N4O. The first-order valence-corrected chi connectivity index (χ1v) is 11.6. The lowest BCUT2D eigenvalue weighted by Crippen LogP contribution is -2.20. The molecule has 0 unspecified atom stereocenters. The quantitative estimate of drug-likeness (QED) is 0.424. The van der Waals surface area contributed by atoms with Crippen molar-refractivity contribution in [2.75, 3.05) is 0 Å². The fourth-order valence-corrected chi connectivity index (χ4v) is 5.23. The highest BCUT2D eigenvalue weighted by molar-refractivity contribution is 5.87. The van der Waals surface area contributed by atoms with E-state index in [1.165, 1.54) is 10.5 Å². The Morgan fingerprint density at radius 2 is 1.73 bits per heavy atom. The summed E-state index contributed by atoms with van der Waals surface area (Å²) < 4.78 is 46.4. The third-order valence-electron chi connectivity index (χ3n) is 7.19. The van der Waals surface area contributed by atoms with E-state index in [1.807, 2.05) is 24.4 Å². The maximum Gasteiger partial charge on any atom is 0.420 e. The van der Waals surface area contributed by atoms with Crippen LogP contribution in [0.2, 0.25) is 0 Å². The molecule has 0 spiro atoms. The van der Waals surface area contributed by atoms with Crippen LogP contribution in [0.3, 0.4) is 0 Å². The van der Waals surface area contributed by atoms with Crippen LogP contribution in [0.5, 0.6) is 0 Å². The number of aromatic nitrogens is 4. The Kier molecular flexibility index (Phi) is 4.76. The second-order valence-electron chi connectivity index (χ2n) is 9.52. The summed E-state index contributed by atoms with van der Waals surface area (Å²) in [7, 11) is 0. The minimum absolute atomic E-state index is 0.121. The Morgan fingerprint density at radius 3 is 2.45 bits per heavy atom. The second kappa shape index (κ2) is 7.58. The summed E-state index contributed by atoms with van der Waals surface area (Å²) in [5.41, 5.74) is 0.773. The number of hydrogen-bond acceptors (Lipinski definition) is 3. The predicted octanol–water partition coefficient (Wildman–Crippen LogP) is 5.80. The summed E-state index contributed by atoms with van der Waals surface area (Å²) in [4.78, 5) is 0.